The molecule has 0 unspecified atom stereocenters. The predicted octanol–water partition coefficient (Wildman–Crippen LogP) is 2.67. The van der Waals surface area contributed by atoms with E-state index in [0.717, 1.165) is 11.3 Å². The number of aryl methyl sites for hydroxylation is 2. The zero-order valence-electron chi connectivity index (χ0n) is 34.4. The first kappa shape index (κ1) is 43.6. The largest absolute Gasteiger partial charge is 0.381 e. The Morgan fingerprint density at radius 1 is 0.982 bits per heavy atom. The van der Waals surface area contributed by atoms with E-state index in [0.29, 0.717) is 54.1 Å². The van der Waals surface area contributed by atoms with Gasteiger partial charge in [-0.25, -0.2) is 4.98 Å². The molecular formula is C40H55N11O6. The van der Waals surface area contributed by atoms with Crippen LogP contribution in [0.1, 0.15) is 74.6 Å². The van der Waals surface area contributed by atoms with Gasteiger partial charge in [0, 0.05) is 62.9 Å². The average Bonchev–Trinajstić information content (AvgIpc) is 3.67. The van der Waals surface area contributed by atoms with E-state index in [1.165, 1.54) is 28.5 Å². The van der Waals surface area contributed by atoms with Gasteiger partial charge in [0.1, 0.15) is 29.5 Å². The Kier molecular flexibility index (Phi) is 14.3. The summed E-state index contributed by atoms with van der Waals surface area (Å²) in [5.74, 6) is -1.87. The molecule has 0 spiro atoms. The highest BCUT2D eigenvalue weighted by Crippen LogP contribution is 2.25. The summed E-state index contributed by atoms with van der Waals surface area (Å²) in [5.41, 5.74) is 2.60. The van der Waals surface area contributed by atoms with Crippen molar-refractivity contribution in [1.29, 1.82) is 0 Å². The van der Waals surface area contributed by atoms with Crippen molar-refractivity contribution < 1.29 is 28.8 Å². The maximum absolute atomic E-state index is 14.0. The van der Waals surface area contributed by atoms with Crippen molar-refractivity contribution >= 4 is 59.1 Å². The van der Waals surface area contributed by atoms with Gasteiger partial charge in [0.2, 0.25) is 36.0 Å². The first-order valence-corrected chi connectivity index (χ1v) is 18.9. The van der Waals surface area contributed by atoms with Gasteiger partial charge in [-0.3, -0.25) is 33.8 Å². The molecule has 0 saturated carbocycles. The second-order valence-corrected chi connectivity index (χ2v) is 15.4. The number of aromatic nitrogens is 3. The number of pyridine rings is 1. The summed E-state index contributed by atoms with van der Waals surface area (Å²) in [6.07, 6.45) is 4.88. The van der Waals surface area contributed by atoms with Gasteiger partial charge in [0.25, 0.3) is 5.91 Å². The van der Waals surface area contributed by atoms with Crippen molar-refractivity contribution in [2.24, 2.45) is 5.92 Å². The molecule has 1 aromatic carbocycles. The maximum Gasteiger partial charge on any atom is 0.252 e. The quantitative estimate of drug-likeness (QED) is 0.133. The highest BCUT2D eigenvalue weighted by molar-refractivity contribution is 6.00. The fraction of sp³-hybridized carbons (Fsp3) is 0.475. The Bertz CT molecular complexity index is 1970. The lowest BCUT2D eigenvalue weighted by atomic mass is 10.00. The smallest absolute Gasteiger partial charge is 0.252 e. The third kappa shape index (κ3) is 11.0. The van der Waals surface area contributed by atoms with Crippen LogP contribution in [0, 0.1) is 19.8 Å². The maximum atomic E-state index is 14.0. The molecule has 3 atom stereocenters. The average molecular weight is 786 g/mol. The van der Waals surface area contributed by atoms with Gasteiger partial charge in [-0.15, -0.1) is 0 Å². The molecule has 17 nitrogen and oxygen atoms in total. The number of carbonyl (C=O) groups excluding carboxylic acids is 6. The summed E-state index contributed by atoms with van der Waals surface area (Å²) in [6.45, 7) is 12.6. The van der Waals surface area contributed by atoms with E-state index in [4.69, 9.17) is 0 Å². The second kappa shape index (κ2) is 18.7. The van der Waals surface area contributed by atoms with Crippen LogP contribution < -0.4 is 31.5 Å². The van der Waals surface area contributed by atoms with E-state index >= 15 is 0 Å². The zero-order chi connectivity index (χ0) is 42.2. The third-order valence-corrected chi connectivity index (χ3v) is 9.69. The Morgan fingerprint density at radius 2 is 1.70 bits per heavy atom. The lowest BCUT2D eigenvalue weighted by Gasteiger charge is -2.33. The number of hydrogen-bond acceptors (Lipinski definition) is 11. The molecule has 1 saturated heterocycles. The van der Waals surface area contributed by atoms with Crippen molar-refractivity contribution in [3.8, 4) is 0 Å². The van der Waals surface area contributed by atoms with Crippen LogP contribution in [0.3, 0.4) is 0 Å². The molecule has 0 bridgehead atoms. The third-order valence-electron chi connectivity index (χ3n) is 9.69. The van der Waals surface area contributed by atoms with E-state index < -0.39 is 47.3 Å². The lowest BCUT2D eigenvalue weighted by molar-refractivity contribution is -0.142. The number of amides is 6. The van der Waals surface area contributed by atoms with E-state index in [2.05, 4.69) is 41.5 Å². The molecule has 4 rings (SSSR count). The molecule has 306 valence electrons. The van der Waals surface area contributed by atoms with Crippen molar-refractivity contribution in [3.63, 3.8) is 0 Å². The van der Waals surface area contributed by atoms with Gasteiger partial charge in [-0.2, -0.15) is 4.98 Å². The number of likely N-dealkylation sites (N-methyl/N-ethyl adjacent to an activating group) is 1. The standard InChI is InChI=1S/C40H55N11O6/c1-23(2)32(37(56)51-17-11-12-31(51)35(54)48-40(6,7)38(57)44-26(5)36(55)49(8)9)46-34(53)27-15-13-24(3)30(18-27)42-19-28-20-43-39(47-33(28)50(10)22-52)45-29-16-14-25(4)41-21-29/h13-16,18,20-23,26,31-32,42H,11-12,17,19H2,1-10H3,(H,44,57)(H,46,53)(H,48,54)(H,43,45,47)/t26-,31-,32-/m0/s1. The molecule has 6 amide bonds. The van der Waals surface area contributed by atoms with Gasteiger partial charge in [-0.1, -0.05) is 19.9 Å². The fourth-order valence-electron chi connectivity index (χ4n) is 6.25. The molecule has 3 heterocycles. The molecule has 1 fully saturated rings. The van der Waals surface area contributed by atoms with Gasteiger partial charge < -0.3 is 41.3 Å². The monoisotopic (exact) mass is 785 g/mol. The number of benzene rings is 1. The molecule has 5 N–H and O–H groups in total. The first-order valence-electron chi connectivity index (χ1n) is 18.9. The number of anilines is 4. The summed E-state index contributed by atoms with van der Waals surface area (Å²) < 4.78 is 0. The summed E-state index contributed by atoms with van der Waals surface area (Å²) in [4.78, 5) is 95.9. The topological polar surface area (TPSA) is 211 Å². The minimum atomic E-state index is -1.38. The molecule has 57 heavy (non-hydrogen) atoms. The van der Waals surface area contributed by atoms with Gasteiger partial charge in [-0.05, 0) is 83.2 Å². The molecule has 17 heteroatoms. The molecule has 0 radical (unpaired) electrons. The van der Waals surface area contributed by atoms with Crippen molar-refractivity contribution in [2.75, 3.05) is 43.2 Å². The van der Waals surface area contributed by atoms with Gasteiger partial charge in [0.05, 0.1) is 11.9 Å². The van der Waals surface area contributed by atoms with Crippen molar-refractivity contribution in [1.82, 2.24) is 40.7 Å². The van der Waals surface area contributed by atoms with Gasteiger partial charge in [0.15, 0.2) is 0 Å². The van der Waals surface area contributed by atoms with Crippen LogP contribution in [-0.4, -0.2) is 112 Å². The second-order valence-electron chi connectivity index (χ2n) is 15.4. The number of rotatable bonds is 16. The summed E-state index contributed by atoms with van der Waals surface area (Å²) in [5, 5.41) is 14.7. The van der Waals surface area contributed by atoms with Gasteiger partial charge >= 0.3 is 0 Å². The van der Waals surface area contributed by atoms with Crippen molar-refractivity contribution in [3.05, 3.63) is 65.1 Å². The lowest BCUT2D eigenvalue weighted by Crippen LogP contribution is -2.61. The summed E-state index contributed by atoms with van der Waals surface area (Å²) in [6, 6.07) is 6.25. The fourth-order valence-corrected chi connectivity index (χ4v) is 6.25. The predicted molar refractivity (Wildman–Crippen MR) is 217 cm³/mol. The number of nitrogens with zero attached hydrogens (tertiary/aromatic N) is 6. The molecule has 0 aliphatic carbocycles. The zero-order valence-corrected chi connectivity index (χ0v) is 34.4. The number of carbonyl (C=O) groups is 6. The minimum absolute atomic E-state index is 0.225. The first-order chi connectivity index (χ1) is 26.8. The number of hydrogen-bond donors (Lipinski definition) is 5. The van der Waals surface area contributed by atoms with Crippen LogP contribution in [-0.2, 0) is 30.5 Å². The van der Waals surface area contributed by atoms with Crippen LogP contribution in [0.15, 0.2) is 42.7 Å². The van der Waals surface area contributed by atoms with E-state index in [1.807, 2.05) is 39.8 Å². The van der Waals surface area contributed by atoms with Crippen molar-refractivity contribution in [2.45, 2.75) is 91.5 Å². The van der Waals surface area contributed by atoms with Crippen LogP contribution in [0.5, 0.6) is 0 Å². The van der Waals surface area contributed by atoms with Crippen LogP contribution in [0.2, 0.25) is 0 Å². The van der Waals surface area contributed by atoms with Crippen LogP contribution in [0.4, 0.5) is 23.1 Å². The molecule has 3 aromatic rings. The summed E-state index contributed by atoms with van der Waals surface area (Å²) in [7, 11) is 4.76. The number of nitrogens with one attached hydrogen (secondary N) is 5. The Labute approximate surface area is 333 Å². The highest BCUT2D eigenvalue weighted by Gasteiger charge is 2.41. The van der Waals surface area contributed by atoms with Crippen LogP contribution >= 0.6 is 0 Å². The Balaban J connectivity index is 1.44. The van der Waals surface area contributed by atoms with E-state index in [1.54, 1.807) is 58.7 Å². The minimum Gasteiger partial charge on any atom is -0.381 e. The molecule has 1 aliphatic heterocycles. The molecular weight excluding hydrogens is 731 g/mol. The Hall–Kier alpha value is -6.13. The summed E-state index contributed by atoms with van der Waals surface area (Å²) >= 11 is 0. The molecule has 1 aliphatic rings. The Morgan fingerprint density at radius 3 is 2.33 bits per heavy atom. The SMILES string of the molecule is Cc1ccc(Nc2ncc(CNc3cc(C(=O)N[C@H](C(=O)N4CCC[C@H]4C(=O)NC(C)(C)C(=O)N[C@@H](C)C(=O)N(C)C)C(C)C)ccc3C)c(N(C)C=O)n2)cn1. The normalized spacial score (nSPS) is 14.9. The molecule has 2 aromatic heterocycles. The highest BCUT2D eigenvalue weighted by atomic mass is 16.2. The number of likely N-dealkylation sites (tertiary alicyclic amines) is 1. The van der Waals surface area contributed by atoms with E-state index in [9.17, 15) is 28.8 Å². The van der Waals surface area contributed by atoms with Crippen LogP contribution in [0.25, 0.3) is 0 Å². The van der Waals surface area contributed by atoms with E-state index in [-0.39, 0.29) is 24.3 Å².